The summed E-state index contributed by atoms with van der Waals surface area (Å²) in [4.78, 5) is 0.164. The number of aryl methyl sites for hydroxylation is 2. The van der Waals surface area contributed by atoms with Crippen molar-refractivity contribution in [3.8, 4) is 17.2 Å². The fraction of sp³-hybridized carbons (Fsp3) is 0.286. The van der Waals surface area contributed by atoms with E-state index in [4.69, 9.17) is 14.2 Å². The molecule has 8 nitrogen and oxygen atoms in total. The summed E-state index contributed by atoms with van der Waals surface area (Å²) in [5, 5.41) is 4.14. The number of hydrogen-bond donors (Lipinski definition) is 0. The first-order valence-electron chi connectivity index (χ1n) is 9.17. The van der Waals surface area contributed by atoms with Gasteiger partial charge in [0.15, 0.2) is 0 Å². The highest BCUT2D eigenvalue weighted by atomic mass is 32.2. The molecule has 2 aromatic carbocycles. The summed E-state index contributed by atoms with van der Waals surface area (Å²) in [6.45, 7) is 1.87. The van der Waals surface area contributed by atoms with Crippen LogP contribution in [0.25, 0.3) is 0 Å². The summed E-state index contributed by atoms with van der Waals surface area (Å²) >= 11 is 0. The topological polar surface area (TPSA) is 82.9 Å². The van der Waals surface area contributed by atoms with Gasteiger partial charge >= 0.3 is 0 Å². The Hall–Kier alpha value is -3.20. The van der Waals surface area contributed by atoms with Crippen LogP contribution in [0.4, 0.5) is 5.69 Å². The van der Waals surface area contributed by atoms with Gasteiger partial charge in [-0.25, -0.2) is 8.42 Å². The van der Waals surface area contributed by atoms with Crippen molar-refractivity contribution in [3.63, 3.8) is 0 Å². The van der Waals surface area contributed by atoms with Crippen LogP contribution >= 0.6 is 0 Å². The summed E-state index contributed by atoms with van der Waals surface area (Å²) in [7, 11) is 2.49. The van der Waals surface area contributed by atoms with Gasteiger partial charge in [-0.15, -0.1) is 0 Å². The second-order valence-electron chi connectivity index (χ2n) is 6.69. The highest BCUT2D eigenvalue weighted by Gasteiger charge is 2.28. The van der Waals surface area contributed by atoms with Gasteiger partial charge in [0.1, 0.15) is 17.2 Å². The highest BCUT2D eigenvalue weighted by molar-refractivity contribution is 7.92. The molecule has 0 aliphatic carbocycles. The number of ether oxygens (including phenoxy) is 3. The van der Waals surface area contributed by atoms with Crippen LogP contribution < -0.4 is 18.5 Å². The smallest absolute Gasteiger partial charge is 0.264 e. The molecule has 1 aromatic heterocycles. The van der Waals surface area contributed by atoms with Gasteiger partial charge in [0.25, 0.3) is 10.0 Å². The summed E-state index contributed by atoms with van der Waals surface area (Å²) in [5.74, 6) is 1.78. The molecule has 0 spiro atoms. The van der Waals surface area contributed by atoms with E-state index >= 15 is 0 Å². The molecule has 0 bridgehead atoms. The van der Waals surface area contributed by atoms with E-state index in [-0.39, 0.29) is 11.4 Å². The number of anilines is 1. The lowest BCUT2D eigenvalue weighted by atomic mass is 10.2. The fourth-order valence-electron chi connectivity index (χ4n) is 3.13. The van der Waals surface area contributed by atoms with Crippen LogP contribution in [0.1, 0.15) is 11.1 Å². The number of sulfonamides is 1. The Labute approximate surface area is 176 Å². The van der Waals surface area contributed by atoms with Crippen molar-refractivity contribution < 1.29 is 22.6 Å². The number of methoxy groups -OCH3 is 3. The van der Waals surface area contributed by atoms with E-state index in [9.17, 15) is 8.42 Å². The van der Waals surface area contributed by atoms with Crippen LogP contribution in [0, 0.1) is 6.92 Å². The molecule has 0 amide bonds. The SMILES string of the molecule is COc1ccc(CN(c2cnn(C)c2)S(=O)(=O)c2ccc(OC)c(C)c2)c(OC)c1. The number of aromatic nitrogens is 2. The van der Waals surface area contributed by atoms with Gasteiger partial charge in [-0.3, -0.25) is 8.99 Å². The average molecular weight is 432 g/mol. The first kappa shape index (κ1) is 21.5. The molecule has 1 heterocycles. The van der Waals surface area contributed by atoms with Crippen LogP contribution in [0.5, 0.6) is 17.2 Å². The van der Waals surface area contributed by atoms with Crippen molar-refractivity contribution in [1.82, 2.24) is 9.78 Å². The molecule has 0 atom stereocenters. The maximum absolute atomic E-state index is 13.6. The third kappa shape index (κ3) is 4.20. The number of nitrogens with zero attached hydrogens (tertiary/aromatic N) is 3. The van der Waals surface area contributed by atoms with Crippen molar-refractivity contribution in [2.45, 2.75) is 18.4 Å². The van der Waals surface area contributed by atoms with Crippen molar-refractivity contribution in [2.24, 2.45) is 7.05 Å². The van der Waals surface area contributed by atoms with Gasteiger partial charge in [-0.1, -0.05) is 0 Å². The molecule has 0 saturated carbocycles. The lowest BCUT2D eigenvalue weighted by molar-refractivity contribution is 0.391. The van der Waals surface area contributed by atoms with Gasteiger partial charge in [0.2, 0.25) is 0 Å². The molecular weight excluding hydrogens is 406 g/mol. The van der Waals surface area contributed by atoms with Crippen LogP contribution in [-0.2, 0) is 23.6 Å². The summed E-state index contributed by atoms with van der Waals surface area (Å²) in [6, 6.07) is 10.1. The Morgan fingerprint density at radius 1 is 1.00 bits per heavy atom. The van der Waals surface area contributed by atoms with E-state index < -0.39 is 10.0 Å². The van der Waals surface area contributed by atoms with Crippen LogP contribution in [0.3, 0.4) is 0 Å². The zero-order chi connectivity index (χ0) is 21.9. The third-order valence-corrected chi connectivity index (χ3v) is 6.51. The Morgan fingerprint density at radius 3 is 2.30 bits per heavy atom. The zero-order valence-corrected chi connectivity index (χ0v) is 18.4. The lowest BCUT2D eigenvalue weighted by Crippen LogP contribution is -2.30. The molecular formula is C21H25N3O5S. The highest BCUT2D eigenvalue weighted by Crippen LogP contribution is 2.32. The summed E-state index contributed by atoms with van der Waals surface area (Å²) in [6.07, 6.45) is 3.17. The van der Waals surface area contributed by atoms with Crippen molar-refractivity contribution >= 4 is 15.7 Å². The Morgan fingerprint density at radius 2 is 1.73 bits per heavy atom. The normalized spacial score (nSPS) is 11.2. The van der Waals surface area contributed by atoms with Crippen LogP contribution in [0.15, 0.2) is 53.7 Å². The standard InChI is InChI=1S/C21H25N3O5S/c1-15-10-19(8-9-20(15)28-4)30(25,26)24(17-12-22-23(2)14-17)13-16-6-7-18(27-3)11-21(16)29-5/h6-12,14H,13H2,1-5H3. The van der Waals surface area contributed by atoms with E-state index in [1.807, 2.05) is 0 Å². The fourth-order valence-corrected chi connectivity index (χ4v) is 4.63. The molecule has 0 radical (unpaired) electrons. The Kier molecular flexibility index (Phi) is 6.21. The molecule has 0 saturated heterocycles. The molecule has 160 valence electrons. The monoisotopic (exact) mass is 431 g/mol. The first-order chi connectivity index (χ1) is 14.3. The largest absolute Gasteiger partial charge is 0.497 e. The molecule has 3 aromatic rings. The summed E-state index contributed by atoms with van der Waals surface area (Å²) < 4.78 is 46.0. The van der Waals surface area contributed by atoms with Crippen LogP contribution in [0.2, 0.25) is 0 Å². The van der Waals surface area contributed by atoms with Gasteiger partial charge < -0.3 is 14.2 Å². The average Bonchev–Trinajstić information content (AvgIpc) is 3.17. The maximum Gasteiger partial charge on any atom is 0.264 e. The van der Waals surface area contributed by atoms with E-state index in [0.717, 1.165) is 5.56 Å². The van der Waals surface area contributed by atoms with E-state index in [1.165, 1.54) is 23.7 Å². The van der Waals surface area contributed by atoms with E-state index in [2.05, 4.69) is 5.10 Å². The van der Waals surface area contributed by atoms with Crippen molar-refractivity contribution in [3.05, 3.63) is 59.9 Å². The molecule has 30 heavy (non-hydrogen) atoms. The van der Waals surface area contributed by atoms with Crippen molar-refractivity contribution in [1.29, 1.82) is 0 Å². The minimum atomic E-state index is -3.89. The molecule has 0 aliphatic heterocycles. The second-order valence-corrected chi connectivity index (χ2v) is 8.56. The molecule has 0 fully saturated rings. The van der Waals surface area contributed by atoms with Crippen LogP contribution in [-0.4, -0.2) is 39.5 Å². The Balaban J connectivity index is 2.09. The van der Waals surface area contributed by atoms with Gasteiger partial charge in [-0.2, -0.15) is 5.10 Å². The number of benzene rings is 2. The quantitative estimate of drug-likeness (QED) is 0.545. The predicted molar refractivity (Wildman–Crippen MR) is 114 cm³/mol. The lowest BCUT2D eigenvalue weighted by Gasteiger charge is -2.24. The minimum Gasteiger partial charge on any atom is -0.497 e. The molecule has 0 unspecified atom stereocenters. The maximum atomic E-state index is 13.6. The Bertz CT molecular complexity index is 1140. The van der Waals surface area contributed by atoms with Gasteiger partial charge in [-0.05, 0) is 42.8 Å². The second kappa shape index (κ2) is 8.66. The number of hydrogen-bond acceptors (Lipinski definition) is 6. The van der Waals surface area contributed by atoms with E-state index in [1.54, 1.807) is 69.4 Å². The third-order valence-electron chi connectivity index (χ3n) is 4.74. The molecule has 0 N–H and O–H groups in total. The first-order valence-corrected chi connectivity index (χ1v) is 10.6. The van der Waals surface area contributed by atoms with E-state index in [0.29, 0.717) is 28.5 Å². The molecule has 0 aliphatic rings. The summed E-state index contributed by atoms with van der Waals surface area (Å²) in [5.41, 5.74) is 1.87. The molecule has 9 heteroatoms. The zero-order valence-electron chi connectivity index (χ0n) is 17.6. The predicted octanol–water partition coefficient (Wildman–Crippen LogP) is 3.15. The van der Waals surface area contributed by atoms with Gasteiger partial charge in [0, 0.05) is 24.9 Å². The van der Waals surface area contributed by atoms with Gasteiger partial charge in [0.05, 0.1) is 44.7 Å². The molecule has 3 rings (SSSR count). The minimum absolute atomic E-state index is 0.0618. The number of rotatable bonds is 8. The van der Waals surface area contributed by atoms with Crippen molar-refractivity contribution in [2.75, 3.05) is 25.6 Å².